The zero-order chi connectivity index (χ0) is 53.6. The Bertz CT molecular complexity index is 1490. The summed E-state index contributed by atoms with van der Waals surface area (Å²) in [5.74, 6) is -19.4. The fraction of sp³-hybridized carbons (Fsp3) is 0.931. The van der Waals surface area contributed by atoms with Gasteiger partial charge in [0.2, 0.25) is 0 Å². The lowest BCUT2D eigenvalue weighted by atomic mass is 10.2. The highest BCUT2D eigenvalue weighted by Crippen LogP contribution is 2.49. The first-order valence-corrected chi connectivity index (χ1v) is 17.5. The van der Waals surface area contributed by atoms with Crippen molar-refractivity contribution >= 4 is 11.8 Å². The van der Waals surface area contributed by atoms with E-state index in [2.05, 4.69) is 9.47 Å². The summed E-state index contributed by atoms with van der Waals surface area (Å²) in [4.78, 5) is 23.8. The van der Waals surface area contributed by atoms with Gasteiger partial charge in [0.1, 0.15) is 0 Å². The largest absolute Gasteiger partial charge is 0.529 e. The van der Waals surface area contributed by atoms with Gasteiger partial charge in [-0.2, -0.15) is 79.7 Å². The highest BCUT2D eigenvalue weighted by molar-refractivity contribution is 5.85. The van der Waals surface area contributed by atoms with Gasteiger partial charge in [-0.15, -0.1) is 43.9 Å². The van der Waals surface area contributed by atoms with E-state index in [4.69, 9.17) is 0 Å². The Hall–Kier alpha value is -3.20. The topological polar surface area (TPSA) is 114 Å². The minimum atomic E-state index is -7.24. The molecule has 0 aromatic carbocycles. The monoisotopic (exact) mass is 1060 g/mol. The van der Waals surface area contributed by atoms with Crippen LogP contribution in [0.2, 0.25) is 0 Å². The molecule has 0 saturated carbocycles. The van der Waals surface area contributed by atoms with Crippen LogP contribution in [0.4, 0.5) is 114 Å². The number of nitrogens with one attached hydrogen (secondary N) is 2. The molecule has 0 saturated heterocycles. The second-order valence-corrected chi connectivity index (χ2v) is 14.7. The number of amides is 2. The molecule has 0 spiro atoms. The van der Waals surface area contributed by atoms with Gasteiger partial charge in [-0.05, 0) is 19.3 Å². The van der Waals surface area contributed by atoms with E-state index in [-0.39, 0.29) is 35.1 Å². The van der Waals surface area contributed by atoms with Crippen molar-refractivity contribution in [1.82, 2.24) is 10.6 Å². The van der Waals surface area contributed by atoms with Crippen molar-refractivity contribution in [3.8, 4) is 0 Å². The number of carbonyl (C=O) groups excluding carboxylic acids is 2. The second-order valence-electron chi connectivity index (χ2n) is 14.7. The van der Waals surface area contributed by atoms with E-state index in [9.17, 15) is 124 Å². The van der Waals surface area contributed by atoms with Crippen molar-refractivity contribution in [2.75, 3.05) is 67.5 Å². The predicted octanol–water partition coefficient (Wildman–Crippen LogP) is 8.39. The summed E-state index contributed by atoms with van der Waals surface area (Å²) in [6.07, 6.45) is -69.3. The Morgan fingerprint density at radius 1 is 0.358 bits per heavy atom. The Labute approximate surface area is 357 Å². The molecule has 2 atom stereocenters. The number of rotatable bonds is 28. The van der Waals surface area contributed by atoms with Crippen LogP contribution in [0, 0.1) is 0 Å². The first-order valence-electron chi connectivity index (χ1n) is 17.5. The van der Waals surface area contributed by atoms with E-state index < -0.39 is 112 Å². The number of halogens is 26. The van der Waals surface area contributed by atoms with Gasteiger partial charge in [-0.25, -0.2) is 9.47 Å². The van der Waals surface area contributed by atoms with E-state index in [0.29, 0.717) is 19.3 Å². The molecule has 67 heavy (non-hydrogen) atoms. The molecule has 0 heterocycles. The average Bonchev–Trinajstić information content (AvgIpc) is 3.03. The normalized spacial score (nSPS) is 16.7. The SMILES string of the molecule is C[N+](C)(CCCCC[N+](C)(C)CCCNC(=O)C(F)(OC(F)(F)C(F)(F)OC(F)(F)OC(F)(F)F)C(F)(F)F)CCCNC(=O)C(F)(OC(F)(F)C(F)(F)OC(F)(F)OC(F)(F)F)C(F)(F)F. The standard InChI is InChI=1S/C29H34F26N4O8/c1-58(2,14-8-10-56-16(60)18(30,20(32,33)34)62-22(38,39)24(42,43)64-28(52,53)66-26(46,47)48)12-6-5-7-13-59(3,4)15-9-11-57-17(61)19(31,21(35,36)37)63-23(40,41)25(44,45)65-29(54,55)67-27(49,50)51/h5-15H2,1-4H3/p+2. The maximum Gasteiger partial charge on any atom is 0.529 e. The van der Waals surface area contributed by atoms with Gasteiger partial charge in [-0.3, -0.25) is 19.1 Å². The second kappa shape index (κ2) is 21.4. The summed E-state index contributed by atoms with van der Waals surface area (Å²) >= 11 is 0. The van der Waals surface area contributed by atoms with E-state index >= 15 is 0 Å². The maximum atomic E-state index is 14.6. The van der Waals surface area contributed by atoms with Crippen LogP contribution < -0.4 is 10.6 Å². The lowest BCUT2D eigenvalue weighted by Gasteiger charge is -2.34. The molecule has 2 amide bonds. The number of ether oxygens (including phenoxy) is 6. The molecule has 0 rings (SSSR count). The Balaban J connectivity index is 5.19. The molecule has 0 radical (unpaired) electrons. The summed E-state index contributed by atoms with van der Waals surface area (Å²) in [6, 6.07) is 0. The zero-order valence-electron chi connectivity index (χ0n) is 33.8. The molecule has 400 valence electrons. The third-order valence-corrected chi connectivity index (χ3v) is 7.97. The van der Waals surface area contributed by atoms with E-state index in [0.717, 1.165) is 10.6 Å². The van der Waals surface area contributed by atoms with E-state index in [1.807, 2.05) is 0 Å². The number of alkyl halides is 26. The van der Waals surface area contributed by atoms with Crippen molar-refractivity contribution in [3.05, 3.63) is 0 Å². The number of quaternary nitrogens is 2. The van der Waals surface area contributed by atoms with E-state index in [1.54, 1.807) is 18.9 Å². The molecule has 0 aliphatic heterocycles. The van der Waals surface area contributed by atoms with Gasteiger partial charge in [0.05, 0.1) is 54.4 Å². The van der Waals surface area contributed by atoms with Crippen molar-refractivity contribution in [1.29, 1.82) is 0 Å². The number of carbonyl (C=O) groups is 2. The summed E-state index contributed by atoms with van der Waals surface area (Å²) in [5, 5.41) is 2.18. The number of nitrogens with zero attached hydrogens (tertiary/aromatic N) is 2. The molecular weight excluding hydrogens is 1030 g/mol. The zero-order valence-corrected chi connectivity index (χ0v) is 33.8. The van der Waals surface area contributed by atoms with Crippen LogP contribution in [0.15, 0.2) is 0 Å². The Morgan fingerprint density at radius 3 is 0.836 bits per heavy atom. The van der Waals surface area contributed by atoms with E-state index in [1.165, 1.54) is 28.2 Å². The molecule has 0 bridgehead atoms. The van der Waals surface area contributed by atoms with Crippen LogP contribution >= 0.6 is 0 Å². The smallest absolute Gasteiger partial charge is 0.351 e. The van der Waals surface area contributed by atoms with Gasteiger partial charge in [0.25, 0.3) is 11.8 Å². The van der Waals surface area contributed by atoms with Crippen molar-refractivity contribution in [3.63, 3.8) is 0 Å². The van der Waals surface area contributed by atoms with Crippen LogP contribution in [0.3, 0.4) is 0 Å². The number of hydrogen-bond donors (Lipinski definition) is 2. The van der Waals surface area contributed by atoms with Gasteiger partial charge < -0.3 is 19.6 Å². The molecule has 0 aliphatic carbocycles. The summed E-state index contributed by atoms with van der Waals surface area (Å²) in [7, 11) is 5.88. The minimum Gasteiger partial charge on any atom is -0.351 e. The maximum absolute atomic E-state index is 14.6. The Morgan fingerprint density at radius 2 is 0.597 bits per heavy atom. The average molecular weight is 1060 g/mol. The fourth-order valence-electron chi connectivity index (χ4n) is 4.79. The summed E-state index contributed by atoms with van der Waals surface area (Å²) in [6.45, 7) is -1.93. The van der Waals surface area contributed by atoms with Gasteiger partial charge in [0.15, 0.2) is 0 Å². The van der Waals surface area contributed by atoms with Crippen LogP contribution in [0.25, 0.3) is 0 Å². The third kappa shape index (κ3) is 20.4. The van der Waals surface area contributed by atoms with Gasteiger partial charge >= 0.3 is 73.8 Å². The molecular formula is C29H36F26N4O8+2. The van der Waals surface area contributed by atoms with Crippen LogP contribution in [0.1, 0.15) is 32.1 Å². The quantitative estimate of drug-likeness (QED) is 0.0348. The molecule has 0 aromatic heterocycles. The lowest BCUT2D eigenvalue weighted by molar-refractivity contribution is -0.892. The third-order valence-electron chi connectivity index (χ3n) is 7.97. The summed E-state index contributed by atoms with van der Waals surface area (Å²) < 4.78 is 353. The molecule has 0 aliphatic rings. The first-order chi connectivity index (χ1) is 29.2. The van der Waals surface area contributed by atoms with Gasteiger partial charge in [-0.1, -0.05) is 0 Å². The molecule has 0 aromatic rings. The lowest BCUT2D eigenvalue weighted by Crippen LogP contribution is -2.62. The predicted molar refractivity (Wildman–Crippen MR) is 161 cm³/mol. The highest BCUT2D eigenvalue weighted by Gasteiger charge is 2.76. The van der Waals surface area contributed by atoms with Gasteiger partial charge in [0, 0.05) is 25.9 Å². The molecule has 38 heteroatoms. The van der Waals surface area contributed by atoms with Crippen molar-refractivity contribution in [2.24, 2.45) is 0 Å². The van der Waals surface area contributed by atoms with Crippen LogP contribution in [-0.2, 0) is 38.0 Å². The molecule has 2 unspecified atom stereocenters. The number of unbranched alkanes of at least 4 members (excludes halogenated alkanes) is 2. The fourth-order valence-corrected chi connectivity index (χ4v) is 4.79. The first kappa shape index (κ1) is 63.8. The molecule has 12 nitrogen and oxygen atoms in total. The minimum absolute atomic E-state index is 0.0621. The number of hydrogen-bond acceptors (Lipinski definition) is 8. The molecule has 0 fully saturated rings. The van der Waals surface area contributed by atoms with Crippen LogP contribution in [-0.4, -0.2) is 162 Å². The highest BCUT2D eigenvalue weighted by atomic mass is 19.4. The summed E-state index contributed by atoms with van der Waals surface area (Å²) in [5.41, 5.74) is 0. The Kier molecular flexibility index (Phi) is 20.4. The van der Waals surface area contributed by atoms with Crippen molar-refractivity contribution in [2.45, 2.75) is 106 Å². The molecule has 2 N–H and O–H groups in total. The van der Waals surface area contributed by atoms with Crippen molar-refractivity contribution < 1.29 is 161 Å². The van der Waals surface area contributed by atoms with Crippen LogP contribution in [0.5, 0.6) is 0 Å².